The molecule has 0 unspecified atom stereocenters. The fraction of sp³-hybridized carbons (Fsp3) is 0.188. The number of halogens is 1. The van der Waals surface area contributed by atoms with Crippen molar-refractivity contribution >= 4 is 27.8 Å². The zero-order valence-corrected chi connectivity index (χ0v) is 14.3. The zero-order valence-electron chi connectivity index (χ0n) is 12.7. The van der Waals surface area contributed by atoms with Crippen molar-refractivity contribution in [1.82, 2.24) is 10.6 Å². The summed E-state index contributed by atoms with van der Waals surface area (Å²) in [5.41, 5.74) is 0.759. The second kappa shape index (κ2) is 8.56. The Bertz CT molecular complexity index is 764. The molecular weight excluding hydrogens is 352 g/mol. The third-order valence-electron chi connectivity index (χ3n) is 2.99. The molecule has 2 rings (SSSR count). The molecule has 8 heteroatoms. The maximum Gasteiger partial charge on any atom is 0.339 e. The van der Waals surface area contributed by atoms with E-state index in [1.807, 2.05) is 0 Å². The summed E-state index contributed by atoms with van der Waals surface area (Å²) in [7, 11) is -3.89. The second-order valence-electron chi connectivity index (χ2n) is 4.79. The molecule has 0 aliphatic rings. The van der Waals surface area contributed by atoms with Gasteiger partial charge in [0, 0.05) is 19.0 Å². The lowest BCUT2D eigenvalue weighted by Crippen LogP contribution is -2.36. The lowest BCUT2D eigenvalue weighted by atomic mass is 10.2. The quantitative estimate of drug-likeness (QED) is 0.581. The Morgan fingerprint density at radius 3 is 2.29 bits per heavy atom. The maximum atomic E-state index is 12.2. The average molecular weight is 369 g/mol. The van der Waals surface area contributed by atoms with Gasteiger partial charge in [0.1, 0.15) is 10.6 Å². The van der Waals surface area contributed by atoms with E-state index >= 15 is 0 Å². The number of hydrogen-bond donors (Lipinski definition) is 2. The Labute approximate surface area is 145 Å². The van der Waals surface area contributed by atoms with Gasteiger partial charge in [-0.05, 0) is 29.8 Å². The highest BCUT2D eigenvalue weighted by molar-refractivity contribution is 7.87. The van der Waals surface area contributed by atoms with Crippen LogP contribution in [0.1, 0.15) is 5.56 Å². The number of benzene rings is 2. The van der Waals surface area contributed by atoms with Gasteiger partial charge in [-0.1, -0.05) is 30.3 Å². The van der Waals surface area contributed by atoms with Crippen LogP contribution in [0, 0.1) is 0 Å². The van der Waals surface area contributed by atoms with Crippen LogP contribution in [0.15, 0.2) is 59.5 Å². The Hall–Kier alpha value is -2.25. The first kappa shape index (κ1) is 18.1. The van der Waals surface area contributed by atoms with Gasteiger partial charge in [-0.3, -0.25) is 0 Å². The van der Waals surface area contributed by atoms with Crippen LogP contribution >= 0.6 is 11.6 Å². The summed E-state index contributed by atoms with van der Waals surface area (Å²) in [4.78, 5) is 11.5. The average Bonchev–Trinajstić information content (AvgIpc) is 2.59. The normalized spacial score (nSPS) is 10.9. The molecule has 0 saturated carbocycles. The van der Waals surface area contributed by atoms with Crippen LogP contribution in [0.3, 0.4) is 0 Å². The van der Waals surface area contributed by atoms with Crippen molar-refractivity contribution in [3.05, 3.63) is 60.2 Å². The van der Waals surface area contributed by atoms with Crippen LogP contribution in [0.4, 0.5) is 4.79 Å². The van der Waals surface area contributed by atoms with Crippen molar-refractivity contribution in [2.24, 2.45) is 0 Å². The molecule has 24 heavy (non-hydrogen) atoms. The summed E-state index contributed by atoms with van der Waals surface area (Å²) in [6, 6.07) is 14.0. The van der Waals surface area contributed by atoms with Crippen LogP contribution < -0.4 is 14.8 Å². The van der Waals surface area contributed by atoms with Crippen LogP contribution in [-0.2, 0) is 16.7 Å². The largest absolute Gasteiger partial charge is 0.379 e. The monoisotopic (exact) mass is 368 g/mol. The van der Waals surface area contributed by atoms with Crippen molar-refractivity contribution in [2.75, 3.05) is 12.4 Å². The molecule has 0 bridgehead atoms. The number of urea groups is 1. The maximum absolute atomic E-state index is 12.2. The molecule has 0 spiro atoms. The molecule has 6 nitrogen and oxygen atoms in total. The van der Waals surface area contributed by atoms with Gasteiger partial charge in [0.15, 0.2) is 0 Å². The van der Waals surface area contributed by atoms with E-state index in [2.05, 4.69) is 10.6 Å². The first-order valence-corrected chi connectivity index (χ1v) is 9.12. The molecule has 0 aliphatic carbocycles. The molecule has 2 N–H and O–H groups in total. The first-order valence-electron chi connectivity index (χ1n) is 7.17. The van der Waals surface area contributed by atoms with Gasteiger partial charge >= 0.3 is 16.1 Å². The van der Waals surface area contributed by atoms with Crippen molar-refractivity contribution in [3.63, 3.8) is 0 Å². The predicted octanol–water partition coefficient (Wildman–Crippen LogP) is 2.49. The van der Waals surface area contributed by atoms with Gasteiger partial charge in [-0.15, -0.1) is 11.6 Å². The Balaban J connectivity index is 1.97. The minimum Gasteiger partial charge on any atom is -0.379 e. The highest BCUT2D eigenvalue weighted by Gasteiger charge is 2.16. The molecule has 0 aromatic heterocycles. The molecule has 0 aliphatic heterocycles. The number of para-hydroxylation sites is 1. The highest BCUT2D eigenvalue weighted by Crippen LogP contribution is 2.18. The molecule has 0 fully saturated rings. The van der Waals surface area contributed by atoms with Crippen LogP contribution in [0.5, 0.6) is 5.75 Å². The van der Waals surface area contributed by atoms with Gasteiger partial charge in [0.05, 0.1) is 0 Å². The van der Waals surface area contributed by atoms with E-state index in [1.54, 1.807) is 42.5 Å². The lowest BCUT2D eigenvalue weighted by molar-refractivity contribution is 0.241. The van der Waals surface area contributed by atoms with Crippen molar-refractivity contribution < 1.29 is 17.4 Å². The number of amides is 2. The predicted molar refractivity (Wildman–Crippen MR) is 91.7 cm³/mol. The second-order valence-corrected chi connectivity index (χ2v) is 6.72. The van der Waals surface area contributed by atoms with E-state index in [9.17, 15) is 13.2 Å². The summed E-state index contributed by atoms with van der Waals surface area (Å²) in [5.74, 6) is 0.584. The van der Waals surface area contributed by atoms with Gasteiger partial charge < -0.3 is 14.8 Å². The molecule has 0 radical (unpaired) electrons. The summed E-state index contributed by atoms with van der Waals surface area (Å²) < 4.78 is 29.4. The Morgan fingerprint density at radius 1 is 1.00 bits per heavy atom. The topological polar surface area (TPSA) is 84.5 Å². The number of carbonyl (C=O) groups excluding carboxylic acids is 1. The Morgan fingerprint density at radius 2 is 1.67 bits per heavy atom. The van der Waals surface area contributed by atoms with E-state index < -0.39 is 10.1 Å². The molecule has 0 atom stereocenters. The Kier molecular flexibility index (Phi) is 6.45. The molecule has 0 heterocycles. The third-order valence-corrected chi connectivity index (χ3v) is 4.44. The molecule has 2 aromatic rings. The van der Waals surface area contributed by atoms with Crippen molar-refractivity contribution in [3.8, 4) is 5.75 Å². The summed E-state index contributed by atoms with van der Waals surface area (Å²) >= 11 is 5.47. The van der Waals surface area contributed by atoms with E-state index in [1.165, 1.54) is 12.1 Å². The molecule has 2 aromatic carbocycles. The van der Waals surface area contributed by atoms with Crippen molar-refractivity contribution in [1.29, 1.82) is 0 Å². The van der Waals surface area contributed by atoms with Gasteiger partial charge in [-0.25, -0.2) is 4.79 Å². The molecular formula is C16H17ClN2O4S. The lowest BCUT2D eigenvalue weighted by Gasteiger charge is -2.09. The van der Waals surface area contributed by atoms with Crippen molar-refractivity contribution in [2.45, 2.75) is 11.4 Å². The van der Waals surface area contributed by atoms with E-state index in [0.717, 1.165) is 5.56 Å². The fourth-order valence-corrected chi connectivity index (χ4v) is 2.86. The minimum absolute atomic E-state index is 0.0432. The number of carbonyl (C=O) groups is 1. The zero-order chi connectivity index (χ0) is 17.4. The smallest absolute Gasteiger partial charge is 0.339 e. The van der Waals surface area contributed by atoms with Gasteiger partial charge in [-0.2, -0.15) is 8.42 Å². The molecule has 128 valence electrons. The SMILES string of the molecule is O=C(NCCCl)NCc1ccc(S(=O)(=O)Oc2ccccc2)cc1. The van der Waals surface area contributed by atoms with Gasteiger partial charge in [0.25, 0.3) is 0 Å². The minimum atomic E-state index is -3.89. The van der Waals surface area contributed by atoms with Crippen LogP contribution in [0.25, 0.3) is 0 Å². The third kappa shape index (κ3) is 5.43. The van der Waals surface area contributed by atoms with E-state index in [4.69, 9.17) is 15.8 Å². The van der Waals surface area contributed by atoms with E-state index in [0.29, 0.717) is 12.4 Å². The fourth-order valence-electron chi connectivity index (χ4n) is 1.83. The number of rotatable bonds is 7. The number of alkyl halides is 1. The molecule has 2 amide bonds. The first-order chi connectivity index (χ1) is 11.5. The number of hydrogen-bond acceptors (Lipinski definition) is 4. The summed E-state index contributed by atoms with van der Waals surface area (Å²) in [6.45, 7) is 0.648. The summed E-state index contributed by atoms with van der Waals surface area (Å²) in [5, 5.41) is 5.21. The highest BCUT2D eigenvalue weighted by atomic mass is 35.5. The number of nitrogens with one attached hydrogen (secondary N) is 2. The van der Waals surface area contributed by atoms with E-state index in [-0.39, 0.29) is 23.2 Å². The standard InChI is InChI=1S/C16H17ClN2O4S/c17-10-11-18-16(20)19-12-13-6-8-15(9-7-13)24(21,22)23-14-4-2-1-3-5-14/h1-9H,10-12H2,(H2,18,19,20). The summed E-state index contributed by atoms with van der Waals surface area (Å²) in [6.07, 6.45) is 0. The molecule has 0 saturated heterocycles. The van der Waals surface area contributed by atoms with Crippen LogP contribution in [-0.4, -0.2) is 26.9 Å². The van der Waals surface area contributed by atoms with Crippen LogP contribution in [0.2, 0.25) is 0 Å². The van der Waals surface area contributed by atoms with Gasteiger partial charge in [0.2, 0.25) is 0 Å².